The first-order chi connectivity index (χ1) is 16.3. The van der Waals surface area contributed by atoms with Gasteiger partial charge in [0.05, 0.1) is 11.6 Å². The van der Waals surface area contributed by atoms with Crippen LogP contribution in [-0.2, 0) is 7.05 Å². The van der Waals surface area contributed by atoms with Gasteiger partial charge in [0.15, 0.2) is 0 Å². The van der Waals surface area contributed by atoms with Crippen LogP contribution in [0.15, 0.2) is 35.1 Å². The molecule has 0 amide bonds. The first kappa shape index (κ1) is 22.6. The summed E-state index contributed by atoms with van der Waals surface area (Å²) in [6.07, 6.45) is 0.740. The highest BCUT2D eigenvalue weighted by molar-refractivity contribution is 6.30. The quantitative estimate of drug-likeness (QED) is 0.562. The fraction of sp³-hybridized carbons (Fsp3) is 0.400. The second-order valence-electron chi connectivity index (χ2n) is 8.97. The van der Waals surface area contributed by atoms with Gasteiger partial charge in [-0.15, -0.1) is 0 Å². The molecule has 0 spiro atoms. The number of rotatable bonds is 3. The summed E-state index contributed by atoms with van der Waals surface area (Å²) in [4.78, 5) is 22.1. The highest BCUT2D eigenvalue weighted by Crippen LogP contribution is 2.41. The van der Waals surface area contributed by atoms with Crippen LogP contribution in [0.1, 0.15) is 37.6 Å². The third-order valence-corrected chi connectivity index (χ3v) is 7.23. The van der Waals surface area contributed by atoms with Gasteiger partial charge in [-0.25, -0.2) is 9.37 Å². The van der Waals surface area contributed by atoms with E-state index in [4.69, 9.17) is 16.3 Å². The molecule has 176 valence electrons. The van der Waals surface area contributed by atoms with Gasteiger partial charge >= 0.3 is 0 Å². The van der Waals surface area contributed by atoms with Crippen molar-refractivity contribution in [3.63, 3.8) is 0 Å². The summed E-state index contributed by atoms with van der Waals surface area (Å²) >= 11 is 5.98. The van der Waals surface area contributed by atoms with E-state index in [9.17, 15) is 14.4 Å². The number of nitrogens with zero attached hydrogens (tertiary/aromatic N) is 5. The maximum atomic E-state index is 14.8. The van der Waals surface area contributed by atoms with Gasteiger partial charge in [0.1, 0.15) is 35.4 Å². The van der Waals surface area contributed by atoms with Gasteiger partial charge in [0.2, 0.25) is 5.75 Å². The fourth-order valence-electron chi connectivity index (χ4n) is 5.32. The van der Waals surface area contributed by atoms with Gasteiger partial charge in [0, 0.05) is 42.8 Å². The molecular weight excluding hydrogens is 457 g/mol. The molecule has 1 saturated heterocycles. The molecule has 0 aliphatic carbocycles. The van der Waals surface area contributed by atoms with Crippen LogP contribution in [0.5, 0.6) is 5.75 Å². The van der Waals surface area contributed by atoms with Crippen molar-refractivity contribution in [2.24, 2.45) is 7.05 Å². The van der Waals surface area contributed by atoms with Crippen LogP contribution in [0.3, 0.4) is 0 Å². The molecule has 2 aromatic heterocycles. The minimum atomic E-state index is -0.304. The number of fused-ring (bicyclic) bond motifs is 5. The second kappa shape index (κ2) is 8.57. The average molecular weight is 482 g/mol. The summed E-state index contributed by atoms with van der Waals surface area (Å²) in [7, 11) is 1.68. The molecule has 0 unspecified atom stereocenters. The van der Waals surface area contributed by atoms with Crippen LogP contribution in [0, 0.1) is 17.1 Å². The Morgan fingerprint density at radius 2 is 2.12 bits per heavy atom. The number of anilines is 1. The zero-order valence-corrected chi connectivity index (χ0v) is 20.0. The Morgan fingerprint density at radius 1 is 1.32 bits per heavy atom. The lowest BCUT2D eigenvalue weighted by atomic mass is 9.96. The number of piperazine rings is 1. The maximum Gasteiger partial charge on any atom is 0.295 e. The summed E-state index contributed by atoms with van der Waals surface area (Å²) in [5, 5.41) is 9.78. The van der Waals surface area contributed by atoms with Crippen LogP contribution in [0.25, 0.3) is 11.0 Å². The Hall–Kier alpha value is -3.15. The van der Waals surface area contributed by atoms with Crippen LogP contribution in [-0.4, -0.2) is 46.2 Å². The third kappa shape index (κ3) is 3.51. The molecule has 0 N–H and O–H groups in total. The van der Waals surface area contributed by atoms with Crippen molar-refractivity contribution in [2.45, 2.75) is 38.4 Å². The molecule has 3 atom stereocenters. The molecule has 34 heavy (non-hydrogen) atoms. The largest absolute Gasteiger partial charge is 0.484 e. The maximum absolute atomic E-state index is 14.8. The lowest BCUT2D eigenvalue weighted by Crippen LogP contribution is -2.61. The van der Waals surface area contributed by atoms with E-state index in [1.807, 2.05) is 0 Å². The number of aromatic nitrogens is 2. The number of hydrogen-bond acceptors (Lipinski definition) is 6. The minimum absolute atomic E-state index is 0.0454. The van der Waals surface area contributed by atoms with Gasteiger partial charge in [-0.3, -0.25) is 9.69 Å². The van der Waals surface area contributed by atoms with Crippen LogP contribution in [0.2, 0.25) is 5.02 Å². The van der Waals surface area contributed by atoms with E-state index in [0.717, 1.165) is 6.42 Å². The molecular formula is C25H25ClFN5O2. The fourth-order valence-corrected chi connectivity index (χ4v) is 5.48. The summed E-state index contributed by atoms with van der Waals surface area (Å²) in [5.41, 5.74) is 2.56. The molecule has 0 radical (unpaired) electrons. The van der Waals surface area contributed by atoms with Crippen LogP contribution >= 0.6 is 11.6 Å². The van der Waals surface area contributed by atoms with Crippen molar-refractivity contribution in [1.29, 1.82) is 5.26 Å². The van der Waals surface area contributed by atoms with E-state index in [-0.39, 0.29) is 40.9 Å². The van der Waals surface area contributed by atoms with Gasteiger partial charge in [-0.1, -0.05) is 24.6 Å². The van der Waals surface area contributed by atoms with Crippen molar-refractivity contribution >= 4 is 28.3 Å². The highest BCUT2D eigenvalue weighted by Gasteiger charge is 2.41. The van der Waals surface area contributed by atoms with Gasteiger partial charge in [-0.05, 0) is 37.6 Å². The summed E-state index contributed by atoms with van der Waals surface area (Å²) in [5.74, 6) is -0.0350. The van der Waals surface area contributed by atoms with E-state index < -0.39 is 0 Å². The topological polar surface area (TPSA) is 74.4 Å². The molecule has 2 aliphatic heterocycles. The lowest BCUT2D eigenvalue weighted by Gasteiger charge is -2.50. The normalized spacial score (nSPS) is 20.9. The molecule has 7 nitrogen and oxygen atoms in total. The first-order valence-electron chi connectivity index (χ1n) is 11.4. The van der Waals surface area contributed by atoms with Crippen molar-refractivity contribution < 1.29 is 9.13 Å². The monoisotopic (exact) mass is 481 g/mol. The van der Waals surface area contributed by atoms with Gasteiger partial charge in [-0.2, -0.15) is 5.26 Å². The summed E-state index contributed by atoms with van der Waals surface area (Å²) in [6, 6.07) is 10.2. The standard InChI is InChI=1S/C25H25ClFN5O2/c1-4-20(18-7-5-15(26)9-19(18)27)31-12-17-13-34-24-23(32(17)11-14(31)2)22-21(30(3)25(24)33)8-6-16(10-28)29-22/h5-9,14,17,20H,4,11-13H2,1-3H3/t14-,17+,20-/m1/s1. The number of benzene rings is 1. The van der Waals surface area contributed by atoms with Crippen LogP contribution in [0.4, 0.5) is 10.1 Å². The van der Waals surface area contributed by atoms with E-state index >= 15 is 0 Å². The van der Waals surface area contributed by atoms with Gasteiger partial charge < -0.3 is 14.2 Å². The molecule has 1 aromatic carbocycles. The summed E-state index contributed by atoms with van der Waals surface area (Å²) < 4.78 is 22.3. The Balaban J connectivity index is 1.57. The molecule has 3 aromatic rings. The Labute approximate surface area is 201 Å². The van der Waals surface area contributed by atoms with E-state index in [0.29, 0.717) is 47.0 Å². The molecule has 9 heteroatoms. The number of halogens is 2. The molecule has 0 saturated carbocycles. The molecule has 1 fully saturated rings. The zero-order chi connectivity index (χ0) is 24.1. The first-order valence-corrected chi connectivity index (χ1v) is 11.8. The number of aryl methyl sites for hydroxylation is 1. The van der Waals surface area contributed by atoms with Crippen molar-refractivity contribution in [2.75, 3.05) is 24.6 Å². The number of pyridine rings is 2. The van der Waals surface area contributed by atoms with Crippen molar-refractivity contribution in [3.8, 4) is 11.8 Å². The Kier molecular flexibility index (Phi) is 5.70. The SMILES string of the molecule is CC[C@H](c1ccc(Cl)cc1F)N1C[C@H]2COc3c(c4nc(C#N)ccc4n(C)c3=O)N2C[C@H]1C. The van der Waals surface area contributed by atoms with E-state index in [1.165, 1.54) is 10.6 Å². The zero-order valence-electron chi connectivity index (χ0n) is 19.3. The molecule has 0 bridgehead atoms. The van der Waals surface area contributed by atoms with Crippen molar-refractivity contribution in [3.05, 3.63) is 62.8 Å². The second-order valence-corrected chi connectivity index (χ2v) is 9.41. The smallest absolute Gasteiger partial charge is 0.295 e. The average Bonchev–Trinajstić information content (AvgIpc) is 2.83. The van der Waals surface area contributed by atoms with E-state index in [2.05, 4.69) is 34.7 Å². The highest BCUT2D eigenvalue weighted by atomic mass is 35.5. The van der Waals surface area contributed by atoms with E-state index in [1.54, 1.807) is 31.3 Å². The number of nitriles is 1. The lowest BCUT2D eigenvalue weighted by molar-refractivity contribution is 0.0807. The Bertz CT molecular complexity index is 1380. The molecule has 5 rings (SSSR count). The van der Waals surface area contributed by atoms with Crippen LogP contribution < -0.4 is 15.2 Å². The van der Waals surface area contributed by atoms with Crippen molar-refractivity contribution in [1.82, 2.24) is 14.5 Å². The summed E-state index contributed by atoms with van der Waals surface area (Å²) in [6.45, 7) is 5.76. The molecule has 4 heterocycles. The Morgan fingerprint density at radius 3 is 2.82 bits per heavy atom. The van der Waals surface area contributed by atoms with Gasteiger partial charge in [0.25, 0.3) is 5.56 Å². The molecule has 2 aliphatic rings. The number of ether oxygens (including phenoxy) is 1. The number of hydrogen-bond donors (Lipinski definition) is 0. The predicted molar refractivity (Wildman–Crippen MR) is 129 cm³/mol. The minimum Gasteiger partial charge on any atom is -0.484 e. The third-order valence-electron chi connectivity index (χ3n) is 6.99. The predicted octanol–water partition coefficient (Wildman–Crippen LogP) is 4.02.